The van der Waals surface area contributed by atoms with E-state index < -0.39 is 91.1 Å². The minimum Gasteiger partial charge on any atom is -0.465 e. The summed E-state index contributed by atoms with van der Waals surface area (Å²) in [6.07, 6.45) is -16.2. The zero-order valence-electron chi connectivity index (χ0n) is 25.4. The van der Waals surface area contributed by atoms with Crippen LogP contribution in [0, 0.1) is 0 Å². The number of imidazole rings is 1. The zero-order valence-corrected chi connectivity index (χ0v) is 27.8. The van der Waals surface area contributed by atoms with Crippen molar-refractivity contribution in [3.63, 3.8) is 0 Å². The number of benzene rings is 3. The summed E-state index contributed by atoms with van der Waals surface area (Å²) in [5.74, 6) is -1.44. The van der Waals surface area contributed by atoms with Gasteiger partial charge in [0.25, 0.3) is 10.2 Å². The van der Waals surface area contributed by atoms with Crippen molar-refractivity contribution in [2.75, 3.05) is 17.5 Å². The molecule has 0 aliphatic carbocycles. The Morgan fingerprint density at radius 1 is 0.902 bits per heavy atom. The van der Waals surface area contributed by atoms with E-state index in [0.717, 1.165) is 24.3 Å². The normalized spacial score (nSPS) is 13.7. The van der Waals surface area contributed by atoms with E-state index in [-0.39, 0.29) is 52.1 Å². The lowest BCUT2D eigenvalue weighted by Gasteiger charge is -2.23. The Kier molecular flexibility index (Phi) is 11.0. The van der Waals surface area contributed by atoms with Crippen molar-refractivity contribution >= 4 is 54.5 Å². The van der Waals surface area contributed by atoms with Crippen LogP contribution in [0.15, 0.2) is 59.5 Å². The summed E-state index contributed by atoms with van der Waals surface area (Å²) in [7, 11) is -9.95. The minimum absolute atomic E-state index is 0.0263. The number of H-pyrrole nitrogens is 1. The minimum atomic E-state index is -5.41. The largest absolute Gasteiger partial charge is 0.465 e. The predicted octanol–water partition coefficient (Wildman–Crippen LogP) is 6.11. The Morgan fingerprint density at radius 3 is 2.00 bits per heavy atom. The van der Waals surface area contributed by atoms with Gasteiger partial charge in [-0.25, -0.2) is 27.6 Å². The maximum atomic E-state index is 13.5. The first-order valence-electron chi connectivity index (χ1n) is 13.9. The molecule has 51 heavy (non-hydrogen) atoms. The fourth-order valence-corrected chi connectivity index (χ4v) is 7.00. The van der Waals surface area contributed by atoms with Crippen molar-refractivity contribution in [3.8, 4) is 0 Å². The van der Waals surface area contributed by atoms with Gasteiger partial charge in [0, 0.05) is 0 Å². The van der Waals surface area contributed by atoms with Crippen LogP contribution in [-0.2, 0) is 54.7 Å². The number of nitrogens with two attached hydrogens (primary N) is 1. The molecule has 23 heteroatoms. The van der Waals surface area contributed by atoms with Crippen molar-refractivity contribution < 1.29 is 65.9 Å². The number of ether oxygens (including phenoxy) is 1. The quantitative estimate of drug-likeness (QED) is 0.122. The lowest BCUT2D eigenvalue weighted by atomic mass is 10.1. The predicted molar refractivity (Wildman–Crippen MR) is 163 cm³/mol. The highest BCUT2D eigenvalue weighted by Crippen LogP contribution is 2.38. The van der Waals surface area contributed by atoms with Crippen LogP contribution in [0.2, 0.25) is 5.02 Å². The number of hydrogen-bond acceptors (Lipinski definition) is 7. The van der Waals surface area contributed by atoms with Crippen LogP contribution in [0.4, 0.5) is 45.2 Å². The van der Waals surface area contributed by atoms with Gasteiger partial charge in [-0.1, -0.05) is 17.7 Å². The number of carbonyl (C=O) groups excluding carboxylic acids is 1. The van der Waals surface area contributed by atoms with E-state index in [4.69, 9.17) is 21.5 Å². The van der Waals surface area contributed by atoms with Gasteiger partial charge in [0.15, 0.2) is 0 Å². The van der Waals surface area contributed by atoms with Crippen molar-refractivity contribution in [3.05, 3.63) is 87.7 Å². The molecule has 1 aromatic heterocycles. The molecule has 3 aromatic carbocycles. The first kappa shape index (κ1) is 39.7. The number of nitrogens with zero attached hydrogens (tertiary/aromatic N) is 2. The van der Waals surface area contributed by atoms with Gasteiger partial charge in [-0.2, -0.15) is 47.9 Å². The lowest BCUT2D eigenvalue weighted by Crippen LogP contribution is -2.41. The Labute approximate surface area is 287 Å². The van der Waals surface area contributed by atoms with Crippen LogP contribution in [0.5, 0.6) is 0 Å². The van der Waals surface area contributed by atoms with Crippen LogP contribution in [0.3, 0.4) is 0 Å². The van der Waals surface area contributed by atoms with Crippen LogP contribution in [-0.4, -0.2) is 45.9 Å². The van der Waals surface area contributed by atoms with E-state index in [0.29, 0.717) is 16.4 Å². The molecule has 4 N–H and O–H groups in total. The second-order valence-corrected chi connectivity index (χ2v) is 14.2. The second-order valence-electron chi connectivity index (χ2n) is 10.6. The van der Waals surface area contributed by atoms with Gasteiger partial charge in [-0.15, -0.1) is 0 Å². The zero-order chi connectivity index (χ0) is 38.3. The standard InChI is InChI=1S/C28H23ClF9N5O6S2/c1-2-49-24(44)13-43(51(39,47)48)23-6-3-14(7-19(23)29)8-22(25-40-20-5-4-15(26(30,31)32)12-21(20)41-25)42-50(45,46)18-10-16(27(33,34)35)9-17(11-18)28(36,37)38/h3-7,9-12,22,42H,2,8,13H2,1H3,(H,40,41)(H2,39,47,48)/t22-/m0/s1. The van der Waals surface area contributed by atoms with Gasteiger partial charge in [-0.3, -0.25) is 4.79 Å². The molecule has 1 atom stereocenters. The van der Waals surface area contributed by atoms with Crippen molar-refractivity contribution in [1.29, 1.82) is 0 Å². The number of aromatic amines is 1. The van der Waals surface area contributed by atoms with E-state index in [1.807, 2.05) is 4.72 Å². The van der Waals surface area contributed by atoms with Crippen molar-refractivity contribution in [2.45, 2.75) is 42.8 Å². The van der Waals surface area contributed by atoms with E-state index >= 15 is 0 Å². The Bertz CT molecular complexity index is 2140. The number of aromatic nitrogens is 2. The number of sulfonamides is 1. The number of esters is 1. The Morgan fingerprint density at radius 2 is 1.49 bits per heavy atom. The molecule has 0 aliphatic heterocycles. The number of nitrogens with one attached hydrogen (secondary N) is 2. The number of fused-ring (bicyclic) bond motifs is 1. The van der Waals surface area contributed by atoms with Crippen LogP contribution in [0.1, 0.15) is 41.0 Å². The molecular weight excluding hydrogens is 773 g/mol. The van der Waals surface area contributed by atoms with Crippen molar-refractivity contribution in [2.24, 2.45) is 5.14 Å². The SMILES string of the molecule is CCOC(=O)CN(c1ccc(C[C@H](NS(=O)(=O)c2cc(C(F)(F)F)cc(C(F)(F)F)c2)c2nc3ccc(C(F)(F)F)cc3[nH]2)cc1Cl)S(N)(=O)=O. The fraction of sp³-hybridized carbons (Fsp3) is 0.286. The highest BCUT2D eigenvalue weighted by Gasteiger charge is 2.39. The van der Waals surface area contributed by atoms with Crippen molar-refractivity contribution in [1.82, 2.24) is 14.7 Å². The molecule has 0 spiro atoms. The maximum Gasteiger partial charge on any atom is 0.416 e. The van der Waals surface area contributed by atoms with Crippen LogP contribution in [0.25, 0.3) is 11.0 Å². The van der Waals surface area contributed by atoms with Gasteiger partial charge < -0.3 is 9.72 Å². The number of hydrogen-bond donors (Lipinski definition) is 3. The van der Waals surface area contributed by atoms with E-state index in [1.54, 1.807) is 0 Å². The molecule has 0 bridgehead atoms. The third-order valence-corrected chi connectivity index (χ3v) is 9.63. The summed E-state index contributed by atoms with van der Waals surface area (Å²) in [6, 6.07) is 3.39. The summed E-state index contributed by atoms with van der Waals surface area (Å²) in [6.45, 7) is 0.424. The van der Waals surface area contributed by atoms with E-state index in [2.05, 4.69) is 9.97 Å². The molecule has 0 saturated heterocycles. The summed E-state index contributed by atoms with van der Waals surface area (Å²) in [5.41, 5.74) is -5.73. The first-order chi connectivity index (χ1) is 23.3. The number of anilines is 1. The lowest BCUT2D eigenvalue weighted by molar-refractivity contribution is -0.144. The first-order valence-corrected chi connectivity index (χ1v) is 17.3. The highest BCUT2D eigenvalue weighted by atomic mass is 35.5. The molecule has 0 unspecified atom stereocenters. The molecule has 11 nitrogen and oxygen atoms in total. The third-order valence-electron chi connectivity index (χ3n) is 6.93. The van der Waals surface area contributed by atoms with Gasteiger partial charge >= 0.3 is 24.5 Å². The van der Waals surface area contributed by atoms with E-state index in [9.17, 15) is 61.1 Å². The third kappa shape index (κ3) is 9.61. The monoisotopic (exact) mass is 795 g/mol. The smallest absolute Gasteiger partial charge is 0.416 e. The molecule has 0 fully saturated rings. The molecule has 1 heterocycles. The average Bonchev–Trinajstić information content (AvgIpc) is 3.42. The fourth-order valence-electron chi connectivity index (χ4n) is 4.65. The molecule has 0 aliphatic rings. The van der Waals surface area contributed by atoms with Gasteiger partial charge in [-0.05, 0) is 67.4 Å². The molecule has 278 valence electrons. The van der Waals surface area contributed by atoms with Gasteiger partial charge in [0.1, 0.15) is 12.4 Å². The molecule has 4 aromatic rings. The average molecular weight is 796 g/mol. The van der Waals surface area contributed by atoms with E-state index in [1.165, 1.54) is 6.92 Å². The summed E-state index contributed by atoms with van der Waals surface area (Å²) in [4.78, 5) is 17.1. The summed E-state index contributed by atoms with van der Waals surface area (Å²) >= 11 is 6.30. The summed E-state index contributed by atoms with van der Waals surface area (Å²) < 4.78 is 180. The second kappa shape index (κ2) is 14.1. The molecule has 0 amide bonds. The maximum absolute atomic E-state index is 13.5. The van der Waals surface area contributed by atoms with Crippen LogP contribution >= 0.6 is 11.6 Å². The summed E-state index contributed by atoms with van der Waals surface area (Å²) in [5, 5.41) is 4.84. The number of alkyl halides is 9. The topological polar surface area (TPSA) is 165 Å². The molecule has 0 saturated carbocycles. The molecular formula is C28H23ClF9N5O6S2. The number of rotatable bonds is 11. The van der Waals surface area contributed by atoms with Crippen LogP contribution < -0.4 is 14.2 Å². The number of carbonyl (C=O) groups is 1. The Hall–Kier alpha value is -4.12. The highest BCUT2D eigenvalue weighted by molar-refractivity contribution is 7.90. The molecule has 0 radical (unpaired) electrons. The van der Waals surface area contributed by atoms with Gasteiger partial charge in [0.05, 0.1) is 56.0 Å². The Balaban J connectivity index is 1.82. The van der Waals surface area contributed by atoms with Gasteiger partial charge in [0.2, 0.25) is 10.0 Å². The molecule has 4 rings (SSSR count). The number of halogens is 10.